The molecule has 0 aliphatic carbocycles. The third-order valence-corrected chi connectivity index (χ3v) is 3.33. The van der Waals surface area contributed by atoms with Crippen molar-refractivity contribution in [2.75, 3.05) is 12.1 Å². The van der Waals surface area contributed by atoms with Crippen LogP contribution in [0.25, 0.3) is 6.08 Å². The largest absolute Gasteiger partial charge is 0.454 e. The van der Waals surface area contributed by atoms with Gasteiger partial charge in [-0.2, -0.15) is 0 Å². The second kappa shape index (κ2) is 6.07. The van der Waals surface area contributed by atoms with Crippen molar-refractivity contribution in [3.05, 3.63) is 58.9 Å². The summed E-state index contributed by atoms with van der Waals surface area (Å²) in [6, 6.07) is 9.71. The van der Waals surface area contributed by atoms with Gasteiger partial charge >= 0.3 is 0 Å². The zero-order valence-electron chi connectivity index (χ0n) is 11.3. The van der Waals surface area contributed by atoms with E-state index in [4.69, 9.17) is 21.1 Å². The second-order valence-electron chi connectivity index (χ2n) is 4.54. The van der Waals surface area contributed by atoms with E-state index in [-0.39, 0.29) is 17.5 Å². The van der Waals surface area contributed by atoms with Crippen LogP contribution in [0.5, 0.6) is 11.5 Å². The molecule has 0 fully saturated rings. The van der Waals surface area contributed by atoms with Gasteiger partial charge in [-0.05, 0) is 35.9 Å². The Morgan fingerprint density at radius 2 is 2.05 bits per heavy atom. The van der Waals surface area contributed by atoms with Crippen LogP contribution in [-0.2, 0) is 4.79 Å². The molecular weight excluding hydrogens is 309 g/mol. The summed E-state index contributed by atoms with van der Waals surface area (Å²) in [6.45, 7) is 0.191. The van der Waals surface area contributed by atoms with Crippen molar-refractivity contribution < 1.29 is 18.7 Å². The molecule has 1 heterocycles. The van der Waals surface area contributed by atoms with Gasteiger partial charge in [0.1, 0.15) is 0 Å². The van der Waals surface area contributed by atoms with E-state index in [9.17, 15) is 9.18 Å². The van der Waals surface area contributed by atoms with Gasteiger partial charge in [0.15, 0.2) is 17.3 Å². The standard InChI is InChI=1S/C16H11ClFNO3/c17-11-2-1-3-12(16(11)18)19-15(20)7-5-10-4-6-13-14(8-10)22-9-21-13/h1-8H,9H2,(H,19,20). The number of hydrogen-bond donors (Lipinski definition) is 1. The van der Waals surface area contributed by atoms with Crippen molar-refractivity contribution >= 4 is 29.3 Å². The third-order valence-electron chi connectivity index (χ3n) is 3.03. The molecular formula is C16H11ClFNO3. The fourth-order valence-electron chi connectivity index (χ4n) is 1.96. The molecule has 1 aliphatic heterocycles. The highest BCUT2D eigenvalue weighted by molar-refractivity contribution is 6.31. The quantitative estimate of drug-likeness (QED) is 0.874. The molecule has 0 aromatic heterocycles. The Morgan fingerprint density at radius 1 is 1.23 bits per heavy atom. The van der Waals surface area contributed by atoms with Crippen LogP contribution in [0, 0.1) is 5.82 Å². The number of halogens is 2. The summed E-state index contributed by atoms with van der Waals surface area (Å²) in [5.74, 6) is 0.180. The van der Waals surface area contributed by atoms with E-state index in [0.717, 1.165) is 5.56 Å². The molecule has 0 atom stereocenters. The Morgan fingerprint density at radius 3 is 2.91 bits per heavy atom. The van der Waals surface area contributed by atoms with Crippen molar-refractivity contribution in [2.45, 2.75) is 0 Å². The molecule has 3 rings (SSSR count). The Hall–Kier alpha value is -2.53. The first kappa shape index (κ1) is 14.4. The molecule has 1 aliphatic rings. The van der Waals surface area contributed by atoms with E-state index < -0.39 is 11.7 Å². The minimum atomic E-state index is -0.658. The van der Waals surface area contributed by atoms with Crippen LogP contribution in [0.2, 0.25) is 5.02 Å². The fourth-order valence-corrected chi connectivity index (χ4v) is 2.14. The Labute approximate surface area is 131 Å². The normalized spacial score (nSPS) is 12.6. The summed E-state index contributed by atoms with van der Waals surface area (Å²) in [7, 11) is 0. The summed E-state index contributed by atoms with van der Waals surface area (Å²) >= 11 is 5.65. The van der Waals surface area contributed by atoms with Crippen LogP contribution in [0.3, 0.4) is 0 Å². The number of carbonyl (C=O) groups excluding carboxylic acids is 1. The molecule has 112 valence electrons. The van der Waals surface area contributed by atoms with Crippen molar-refractivity contribution in [3.63, 3.8) is 0 Å². The smallest absolute Gasteiger partial charge is 0.248 e. The van der Waals surface area contributed by atoms with Crippen LogP contribution in [0.1, 0.15) is 5.56 Å². The van der Waals surface area contributed by atoms with Gasteiger partial charge in [-0.3, -0.25) is 4.79 Å². The molecule has 1 N–H and O–H groups in total. The zero-order valence-corrected chi connectivity index (χ0v) is 12.1. The molecule has 2 aromatic rings. The summed E-state index contributed by atoms with van der Waals surface area (Å²) in [5, 5.41) is 2.39. The number of ether oxygens (including phenoxy) is 2. The first-order valence-corrected chi connectivity index (χ1v) is 6.84. The third kappa shape index (κ3) is 3.04. The summed E-state index contributed by atoms with van der Waals surface area (Å²) < 4.78 is 24.1. The number of fused-ring (bicyclic) bond motifs is 1. The Balaban J connectivity index is 1.70. The van der Waals surface area contributed by atoms with E-state index in [1.165, 1.54) is 18.2 Å². The number of nitrogens with one attached hydrogen (secondary N) is 1. The van der Waals surface area contributed by atoms with Gasteiger partial charge in [-0.25, -0.2) is 4.39 Å². The lowest BCUT2D eigenvalue weighted by Crippen LogP contribution is -2.09. The van der Waals surface area contributed by atoms with Crippen LogP contribution in [0.15, 0.2) is 42.5 Å². The van der Waals surface area contributed by atoms with Gasteiger partial charge < -0.3 is 14.8 Å². The molecule has 2 aromatic carbocycles. The molecule has 0 spiro atoms. The second-order valence-corrected chi connectivity index (χ2v) is 4.94. The number of benzene rings is 2. The van der Waals surface area contributed by atoms with E-state index in [1.54, 1.807) is 30.3 Å². The topological polar surface area (TPSA) is 47.6 Å². The maximum absolute atomic E-state index is 13.7. The number of rotatable bonds is 3. The maximum atomic E-state index is 13.7. The molecule has 4 nitrogen and oxygen atoms in total. The first-order chi connectivity index (χ1) is 10.6. The monoisotopic (exact) mass is 319 g/mol. The van der Waals surface area contributed by atoms with Gasteiger partial charge in [-0.15, -0.1) is 0 Å². The van der Waals surface area contributed by atoms with Crippen LogP contribution >= 0.6 is 11.6 Å². The molecule has 0 saturated heterocycles. The van der Waals surface area contributed by atoms with Gasteiger partial charge in [0, 0.05) is 6.08 Å². The predicted molar refractivity (Wildman–Crippen MR) is 81.6 cm³/mol. The maximum Gasteiger partial charge on any atom is 0.248 e. The van der Waals surface area contributed by atoms with Gasteiger partial charge in [-0.1, -0.05) is 23.7 Å². The Bertz CT molecular complexity index is 761. The molecule has 1 amide bonds. The van der Waals surface area contributed by atoms with Crippen molar-refractivity contribution in [1.82, 2.24) is 0 Å². The number of amides is 1. The highest BCUT2D eigenvalue weighted by Gasteiger charge is 2.12. The molecule has 0 radical (unpaired) electrons. The fraction of sp³-hybridized carbons (Fsp3) is 0.0625. The number of carbonyl (C=O) groups is 1. The molecule has 0 bridgehead atoms. The van der Waals surface area contributed by atoms with Crippen LogP contribution < -0.4 is 14.8 Å². The van der Waals surface area contributed by atoms with Gasteiger partial charge in [0.05, 0.1) is 10.7 Å². The van der Waals surface area contributed by atoms with Crippen molar-refractivity contribution in [2.24, 2.45) is 0 Å². The van der Waals surface area contributed by atoms with Crippen LogP contribution in [-0.4, -0.2) is 12.7 Å². The molecule has 0 saturated carbocycles. The van der Waals surface area contributed by atoms with Crippen molar-refractivity contribution in [3.8, 4) is 11.5 Å². The van der Waals surface area contributed by atoms with Crippen LogP contribution in [0.4, 0.5) is 10.1 Å². The Kier molecular flexibility index (Phi) is 3.98. The average Bonchev–Trinajstić information content (AvgIpc) is 2.97. The average molecular weight is 320 g/mol. The van der Waals surface area contributed by atoms with E-state index in [1.807, 2.05) is 0 Å². The van der Waals surface area contributed by atoms with Crippen molar-refractivity contribution in [1.29, 1.82) is 0 Å². The summed E-state index contributed by atoms with van der Waals surface area (Å²) in [6.07, 6.45) is 2.90. The highest BCUT2D eigenvalue weighted by atomic mass is 35.5. The number of hydrogen-bond acceptors (Lipinski definition) is 3. The van der Waals surface area contributed by atoms with E-state index >= 15 is 0 Å². The lowest BCUT2D eigenvalue weighted by atomic mass is 10.2. The highest BCUT2D eigenvalue weighted by Crippen LogP contribution is 2.32. The van der Waals surface area contributed by atoms with E-state index in [0.29, 0.717) is 11.5 Å². The summed E-state index contributed by atoms with van der Waals surface area (Å²) in [5.41, 5.74) is 0.804. The lowest BCUT2D eigenvalue weighted by Gasteiger charge is -2.04. The van der Waals surface area contributed by atoms with E-state index in [2.05, 4.69) is 5.32 Å². The summed E-state index contributed by atoms with van der Waals surface area (Å²) in [4.78, 5) is 11.8. The molecule has 6 heteroatoms. The molecule has 22 heavy (non-hydrogen) atoms. The van der Waals surface area contributed by atoms with Gasteiger partial charge in [0.2, 0.25) is 12.7 Å². The SMILES string of the molecule is O=C(C=Cc1ccc2c(c1)OCO2)Nc1cccc(Cl)c1F. The minimum Gasteiger partial charge on any atom is -0.454 e. The minimum absolute atomic E-state index is 0.0350. The number of anilines is 1. The zero-order chi connectivity index (χ0) is 15.5. The lowest BCUT2D eigenvalue weighted by molar-refractivity contribution is -0.111. The van der Waals surface area contributed by atoms with Gasteiger partial charge in [0.25, 0.3) is 0 Å². The first-order valence-electron chi connectivity index (χ1n) is 6.46. The molecule has 0 unspecified atom stereocenters. The predicted octanol–water partition coefficient (Wildman–Crippen LogP) is 3.86.